The molecule has 1 unspecified atom stereocenters. The lowest BCUT2D eigenvalue weighted by Gasteiger charge is -2.18. The van der Waals surface area contributed by atoms with Crippen LogP contribution >= 0.6 is 0 Å². The van der Waals surface area contributed by atoms with E-state index in [1.165, 1.54) is 0 Å². The van der Waals surface area contributed by atoms with Crippen molar-refractivity contribution in [3.8, 4) is 23.0 Å². The molecule has 206 valence electrons. The number of imidazole rings is 1. The third-order valence-electron chi connectivity index (χ3n) is 7.48. The number of ether oxygens (including phenoxy) is 4. The van der Waals surface area contributed by atoms with E-state index < -0.39 is 0 Å². The topological polar surface area (TPSA) is 75.1 Å². The molecule has 2 aliphatic heterocycles. The number of allylic oxidation sites excluding steroid dienone is 1. The van der Waals surface area contributed by atoms with Crippen LogP contribution in [-0.2, 0) is 17.8 Å². The molecule has 3 heterocycles. The van der Waals surface area contributed by atoms with E-state index in [0.29, 0.717) is 31.1 Å². The molecule has 4 aromatic rings. The summed E-state index contributed by atoms with van der Waals surface area (Å²) in [6.07, 6.45) is 4.87. The Morgan fingerprint density at radius 1 is 1.05 bits per heavy atom. The van der Waals surface area contributed by atoms with Gasteiger partial charge in [-0.05, 0) is 61.2 Å². The fraction of sp³-hybridized carbons (Fsp3) is 0.312. The predicted octanol–water partition coefficient (Wildman–Crippen LogP) is 5.88. The summed E-state index contributed by atoms with van der Waals surface area (Å²) < 4.78 is 24.8. The largest absolute Gasteiger partial charge is 0.493 e. The van der Waals surface area contributed by atoms with E-state index in [1.54, 1.807) is 7.11 Å². The highest BCUT2D eigenvalue weighted by molar-refractivity contribution is 5.97. The summed E-state index contributed by atoms with van der Waals surface area (Å²) in [4.78, 5) is 19.9. The van der Waals surface area contributed by atoms with Gasteiger partial charge in [0.05, 0.1) is 24.8 Å². The lowest BCUT2D eigenvalue weighted by molar-refractivity contribution is -0.117. The number of hydrogen-bond acceptors (Lipinski definition) is 6. The molecule has 1 aromatic heterocycles. The van der Waals surface area contributed by atoms with Crippen LogP contribution in [-0.4, -0.2) is 42.5 Å². The van der Waals surface area contributed by atoms with Gasteiger partial charge in [0.15, 0.2) is 23.0 Å². The van der Waals surface area contributed by atoms with E-state index in [9.17, 15) is 4.79 Å². The zero-order valence-corrected chi connectivity index (χ0v) is 22.7. The Labute approximate surface area is 233 Å². The van der Waals surface area contributed by atoms with Crippen LogP contribution in [0.5, 0.6) is 23.0 Å². The standard InChI is InChI=1S/C32H33N3O5/c1-3-8-22-11-13-27(29(17-22)37-2)38-16-7-6-15-34-26-10-5-4-9-25(26)33-32(34)23-18-31(36)35(20-23)24-12-14-28-30(19-24)40-21-39-28/h3-5,9-14,17,19,23H,1,6-8,15-16,18,20-21H2,2H3. The van der Waals surface area contributed by atoms with Gasteiger partial charge >= 0.3 is 0 Å². The number of rotatable bonds is 11. The Balaban J connectivity index is 1.13. The van der Waals surface area contributed by atoms with Crippen LogP contribution in [0, 0.1) is 0 Å². The van der Waals surface area contributed by atoms with Crippen LogP contribution in [0.15, 0.2) is 73.3 Å². The van der Waals surface area contributed by atoms with Gasteiger partial charge in [0.1, 0.15) is 5.82 Å². The average molecular weight is 540 g/mol. The molecule has 0 radical (unpaired) electrons. The van der Waals surface area contributed by atoms with Crippen molar-refractivity contribution in [2.24, 2.45) is 0 Å². The second-order valence-corrected chi connectivity index (χ2v) is 10.1. The maximum Gasteiger partial charge on any atom is 0.231 e. The molecule has 0 spiro atoms. The van der Waals surface area contributed by atoms with Crippen molar-refractivity contribution < 1.29 is 23.7 Å². The normalized spacial score (nSPS) is 16.1. The van der Waals surface area contributed by atoms with Crippen molar-refractivity contribution in [1.82, 2.24) is 9.55 Å². The maximum absolute atomic E-state index is 13.1. The number of nitrogens with zero attached hydrogens (tertiary/aromatic N) is 3. The summed E-state index contributed by atoms with van der Waals surface area (Å²) in [5, 5.41) is 0. The molecule has 40 heavy (non-hydrogen) atoms. The summed E-state index contributed by atoms with van der Waals surface area (Å²) in [5.74, 6) is 3.91. The van der Waals surface area contributed by atoms with Gasteiger partial charge in [0.2, 0.25) is 12.7 Å². The van der Waals surface area contributed by atoms with Crippen molar-refractivity contribution in [2.45, 2.75) is 38.1 Å². The first-order chi connectivity index (χ1) is 19.6. The lowest BCUT2D eigenvalue weighted by Crippen LogP contribution is -2.24. The average Bonchev–Trinajstić information content (AvgIpc) is 3.70. The second kappa shape index (κ2) is 11.3. The molecule has 0 aliphatic carbocycles. The highest BCUT2D eigenvalue weighted by atomic mass is 16.7. The lowest BCUT2D eigenvalue weighted by atomic mass is 10.1. The number of fused-ring (bicyclic) bond motifs is 2. The number of methoxy groups -OCH3 is 1. The Morgan fingerprint density at radius 2 is 1.93 bits per heavy atom. The molecular weight excluding hydrogens is 506 g/mol. The second-order valence-electron chi connectivity index (χ2n) is 10.1. The molecule has 1 saturated heterocycles. The fourth-order valence-corrected chi connectivity index (χ4v) is 5.50. The van der Waals surface area contributed by atoms with Gasteiger partial charge in [-0.3, -0.25) is 4.79 Å². The molecule has 1 atom stereocenters. The highest BCUT2D eigenvalue weighted by Crippen LogP contribution is 2.39. The molecule has 0 N–H and O–H groups in total. The minimum atomic E-state index is -0.0000793. The van der Waals surface area contributed by atoms with Crippen molar-refractivity contribution in [1.29, 1.82) is 0 Å². The van der Waals surface area contributed by atoms with Gasteiger partial charge in [-0.1, -0.05) is 24.3 Å². The van der Waals surface area contributed by atoms with Crippen molar-refractivity contribution in [3.63, 3.8) is 0 Å². The van der Waals surface area contributed by atoms with Crippen LogP contribution in [0.3, 0.4) is 0 Å². The zero-order chi connectivity index (χ0) is 27.5. The number of aryl methyl sites for hydroxylation is 1. The molecule has 2 aliphatic rings. The number of para-hydroxylation sites is 2. The van der Waals surface area contributed by atoms with E-state index in [-0.39, 0.29) is 18.6 Å². The number of benzene rings is 3. The molecule has 8 nitrogen and oxygen atoms in total. The first-order valence-electron chi connectivity index (χ1n) is 13.7. The van der Waals surface area contributed by atoms with E-state index in [1.807, 2.05) is 65.6 Å². The van der Waals surface area contributed by atoms with Crippen molar-refractivity contribution >= 4 is 22.6 Å². The summed E-state index contributed by atoms with van der Waals surface area (Å²) in [7, 11) is 1.66. The van der Waals surface area contributed by atoms with Gasteiger partial charge in [-0.15, -0.1) is 6.58 Å². The Kier molecular flexibility index (Phi) is 7.31. The van der Waals surface area contributed by atoms with Crippen molar-refractivity contribution in [3.05, 3.63) is 84.7 Å². The van der Waals surface area contributed by atoms with Gasteiger partial charge < -0.3 is 28.4 Å². The zero-order valence-electron chi connectivity index (χ0n) is 22.7. The smallest absolute Gasteiger partial charge is 0.231 e. The number of hydrogen-bond donors (Lipinski definition) is 0. The molecule has 8 heteroatoms. The maximum atomic E-state index is 13.1. The number of amides is 1. The van der Waals surface area contributed by atoms with Gasteiger partial charge in [-0.25, -0.2) is 4.98 Å². The van der Waals surface area contributed by atoms with E-state index in [0.717, 1.165) is 65.4 Å². The number of carbonyl (C=O) groups excluding carboxylic acids is 1. The van der Waals surface area contributed by atoms with Gasteiger partial charge in [0.25, 0.3) is 0 Å². The summed E-state index contributed by atoms with van der Waals surface area (Å²) in [5.41, 5.74) is 4.00. The van der Waals surface area contributed by atoms with Crippen LogP contribution in [0.4, 0.5) is 5.69 Å². The van der Waals surface area contributed by atoms with Crippen LogP contribution in [0.25, 0.3) is 11.0 Å². The molecule has 1 fully saturated rings. The molecule has 0 saturated carbocycles. The van der Waals surface area contributed by atoms with Crippen LogP contribution in [0.1, 0.15) is 36.6 Å². The summed E-state index contributed by atoms with van der Waals surface area (Å²) in [6.45, 7) is 5.96. The number of unbranched alkanes of at least 4 members (excludes halogenated alkanes) is 1. The molecule has 3 aromatic carbocycles. The third kappa shape index (κ3) is 5.09. The number of anilines is 1. The van der Waals surface area contributed by atoms with Gasteiger partial charge in [0, 0.05) is 37.2 Å². The van der Waals surface area contributed by atoms with E-state index in [4.69, 9.17) is 23.9 Å². The summed E-state index contributed by atoms with van der Waals surface area (Å²) >= 11 is 0. The molecule has 6 rings (SSSR count). The molecular formula is C32H33N3O5. The SMILES string of the molecule is C=CCc1ccc(OCCCCn2c(C3CC(=O)N(c4ccc5c(c4)OCO5)C3)nc3ccccc32)c(OC)c1. The summed E-state index contributed by atoms with van der Waals surface area (Å²) in [6, 6.07) is 19.8. The minimum Gasteiger partial charge on any atom is -0.493 e. The third-order valence-corrected chi connectivity index (χ3v) is 7.48. The van der Waals surface area contributed by atoms with E-state index in [2.05, 4.69) is 17.2 Å². The van der Waals surface area contributed by atoms with Crippen LogP contribution in [0.2, 0.25) is 0 Å². The van der Waals surface area contributed by atoms with Crippen LogP contribution < -0.4 is 23.8 Å². The first-order valence-corrected chi connectivity index (χ1v) is 13.7. The molecule has 0 bridgehead atoms. The number of carbonyl (C=O) groups is 1. The number of aromatic nitrogens is 2. The fourth-order valence-electron chi connectivity index (χ4n) is 5.50. The Bertz CT molecular complexity index is 1550. The first kappa shape index (κ1) is 25.8. The van der Waals surface area contributed by atoms with Crippen molar-refractivity contribution in [2.75, 3.05) is 32.0 Å². The monoisotopic (exact) mass is 539 g/mol. The minimum absolute atomic E-state index is 0.0000793. The van der Waals surface area contributed by atoms with E-state index >= 15 is 0 Å². The Morgan fingerprint density at radius 3 is 2.80 bits per heavy atom. The Hall–Kier alpha value is -4.46. The van der Waals surface area contributed by atoms with Gasteiger partial charge in [-0.2, -0.15) is 0 Å². The predicted molar refractivity (Wildman–Crippen MR) is 154 cm³/mol. The highest BCUT2D eigenvalue weighted by Gasteiger charge is 2.35. The molecule has 1 amide bonds. The quantitative estimate of drug-likeness (QED) is 0.175.